The molecule has 1 N–H and O–H groups in total. The molecule has 0 aromatic heterocycles. The van der Waals surface area contributed by atoms with E-state index in [1.165, 1.54) is 13.2 Å². The van der Waals surface area contributed by atoms with E-state index in [1.807, 2.05) is 13.1 Å². The molecule has 1 atom stereocenters. The third-order valence-electron chi connectivity index (χ3n) is 3.65. The summed E-state index contributed by atoms with van der Waals surface area (Å²) in [4.78, 5) is 2.13. The third-order valence-corrected chi connectivity index (χ3v) is 3.65. The van der Waals surface area contributed by atoms with Crippen molar-refractivity contribution in [3.8, 4) is 5.75 Å². The highest BCUT2D eigenvalue weighted by Gasteiger charge is 2.32. The first-order valence-corrected chi connectivity index (χ1v) is 6.24. The maximum Gasteiger partial charge on any atom is 0.167 e. The minimum absolute atomic E-state index is 0.157. The highest BCUT2D eigenvalue weighted by Crippen LogP contribution is 2.28. The van der Waals surface area contributed by atoms with Gasteiger partial charge in [-0.2, -0.15) is 0 Å². The standard InChI is InChI=1S/C14H21FN2O/c1-14(2)8-11(9-16-14)17(3)10-5-6-13(18-4)12(15)7-10/h5-7,11,16H,8-9H2,1-4H3. The van der Waals surface area contributed by atoms with Gasteiger partial charge < -0.3 is 15.0 Å². The zero-order chi connectivity index (χ0) is 13.3. The van der Waals surface area contributed by atoms with Crippen molar-refractivity contribution >= 4 is 5.69 Å². The quantitative estimate of drug-likeness (QED) is 0.894. The summed E-state index contributed by atoms with van der Waals surface area (Å²) in [7, 11) is 3.49. The Labute approximate surface area is 108 Å². The number of ether oxygens (including phenoxy) is 1. The average molecular weight is 252 g/mol. The van der Waals surface area contributed by atoms with Gasteiger partial charge in [0.1, 0.15) is 0 Å². The first-order chi connectivity index (χ1) is 8.43. The lowest BCUT2D eigenvalue weighted by atomic mass is 10.0. The Hall–Kier alpha value is -1.29. The Balaban J connectivity index is 2.14. The van der Waals surface area contributed by atoms with Gasteiger partial charge in [-0.15, -0.1) is 0 Å². The van der Waals surface area contributed by atoms with Crippen LogP contribution in [0.25, 0.3) is 0 Å². The van der Waals surface area contributed by atoms with Crippen LogP contribution in [-0.4, -0.2) is 32.3 Å². The van der Waals surface area contributed by atoms with Crippen molar-refractivity contribution in [2.45, 2.75) is 31.8 Å². The van der Waals surface area contributed by atoms with Crippen molar-refractivity contribution in [1.82, 2.24) is 5.32 Å². The molecule has 1 aliphatic heterocycles. The van der Waals surface area contributed by atoms with Crippen LogP contribution in [0.3, 0.4) is 0 Å². The molecule has 0 aliphatic carbocycles. The predicted molar refractivity (Wildman–Crippen MR) is 71.8 cm³/mol. The summed E-state index contributed by atoms with van der Waals surface area (Å²) >= 11 is 0. The molecule has 0 saturated carbocycles. The van der Waals surface area contributed by atoms with E-state index >= 15 is 0 Å². The SMILES string of the molecule is COc1ccc(N(C)C2CNC(C)(C)C2)cc1F. The van der Waals surface area contributed by atoms with Crippen LogP contribution in [0.4, 0.5) is 10.1 Å². The smallest absolute Gasteiger partial charge is 0.167 e. The second kappa shape index (κ2) is 4.76. The number of hydrogen-bond donors (Lipinski definition) is 1. The number of nitrogens with one attached hydrogen (secondary N) is 1. The number of rotatable bonds is 3. The molecule has 0 spiro atoms. The van der Waals surface area contributed by atoms with Gasteiger partial charge >= 0.3 is 0 Å². The van der Waals surface area contributed by atoms with Crippen molar-refractivity contribution in [3.63, 3.8) is 0 Å². The van der Waals surface area contributed by atoms with E-state index in [0.717, 1.165) is 18.7 Å². The predicted octanol–water partition coefficient (Wildman–Crippen LogP) is 2.41. The highest BCUT2D eigenvalue weighted by atomic mass is 19.1. The minimum Gasteiger partial charge on any atom is -0.494 e. The van der Waals surface area contributed by atoms with Crippen LogP contribution in [0.15, 0.2) is 18.2 Å². The van der Waals surface area contributed by atoms with Crippen LogP contribution in [0.2, 0.25) is 0 Å². The van der Waals surface area contributed by atoms with Gasteiger partial charge in [0.2, 0.25) is 0 Å². The number of methoxy groups -OCH3 is 1. The minimum atomic E-state index is -0.313. The molecular weight excluding hydrogens is 231 g/mol. The normalized spacial score (nSPS) is 21.9. The van der Waals surface area contributed by atoms with Crippen molar-refractivity contribution in [3.05, 3.63) is 24.0 Å². The topological polar surface area (TPSA) is 24.5 Å². The number of likely N-dealkylation sites (N-methyl/N-ethyl adjacent to an activating group) is 1. The van der Waals surface area contributed by atoms with E-state index in [4.69, 9.17) is 4.74 Å². The molecule has 1 aromatic carbocycles. The average Bonchev–Trinajstić information content (AvgIpc) is 2.68. The van der Waals surface area contributed by atoms with Gasteiger partial charge in [0.15, 0.2) is 11.6 Å². The molecule has 1 aromatic rings. The summed E-state index contributed by atoms with van der Waals surface area (Å²) in [5.74, 6) is -0.0240. The van der Waals surface area contributed by atoms with Gasteiger partial charge in [-0.1, -0.05) is 0 Å². The van der Waals surface area contributed by atoms with Gasteiger partial charge in [-0.25, -0.2) is 4.39 Å². The van der Waals surface area contributed by atoms with E-state index in [9.17, 15) is 4.39 Å². The molecule has 18 heavy (non-hydrogen) atoms. The third kappa shape index (κ3) is 2.58. The van der Waals surface area contributed by atoms with Crippen LogP contribution in [0.5, 0.6) is 5.75 Å². The van der Waals surface area contributed by atoms with Gasteiger partial charge in [-0.3, -0.25) is 0 Å². The van der Waals surface area contributed by atoms with Crippen LogP contribution >= 0.6 is 0 Å². The Morgan fingerprint density at radius 2 is 2.17 bits per heavy atom. The molecule has 1 fully saturated rings. The maximum atomic E-state index is 13.7. The first-order valence-electron chi connectivity index (χ1n) is 6.24. The molecule has 1 heterocycles. The van der Waals surface area contributed by atoms with Gasteiger partial charge in [-0.05, 0) is 32.4 Å². The van der Waals surface area contributed by atoms with E-state index in [-0.39, 0.29) is 17.1 Å². The molecule has 4 heteroatoms. The summed E-state index contributed by atoms with van der Waals surface area (Å²) in [6, 6.07) is 5.50. The highest BCUT2D eigenvalue weighted by molar-refractivity contribution is 5.50. The fourth-order valence-corrected chi connectivity index (χ4v) is 2.49. The molecule has 0 radical (unpaired) electrons. The second-order valence-corrected chi connectivity index (χ2v) is 5.55. The fraction of sp³-hybridized carbons (Fsp3) is 0.571. The Morgan fingerprint density at radius 3 is 2.67 bits per heavy atom. The van der Waals surface area contributed by atoms with Crippen molar-refractivity contribution in [1.29, 1.82) is 0 Å². The van der Waals surface area contributed by atoms with Gasteiger partial charge in [0, 0.05) is 36.9 Å². The lowest BCUT2D eigenvalue weighted by Crippen LogP contribution is -2.33. The van der Waals surface area contributed by atoms with Crippen molar-refractivity contribution in [2.24, 2.45) is 0 Å². The lowest BCUT2D eigenvalue weighted by molar-refractivity contribution is 0.386. The molecule has 1 unspecified atom stereocenters. The monoisotopic (exact) mass is 252 g/mol. The second-order valence-electron chi connectivity index (χ2n) is 5.55. The molecule has 1 saturated heterocycles. The van der Waals surface area contributed by atoms with Crippen molar-refractivity contribution in [2.75, 3.05) is 25.6 Å². The van der Waals surface area contributed by atoms with Gasteiger partial charge in [0.25, 0.3) is 0 Å². The maximum absolute atomic E-state index is 13.7. The molecule has 100 valence electrons. The van der Waals surface area contributed by atoms with E-state index in [2.05, 4.69) is 24.1 Å². The Bertz CT molecular complexity index is 434. The Morgan fingerprint density at radius 1 is 1.44 bits per heavy atom. The number of nitrogens with zero attached hydrogens (tertiary/aromatic N) is 1. The van der Waals surface area contributed by atoms with Crippen LogP contribution in [-0.2, 0) is 0 Å². The summed E-state index contributed by atoms with van der Waals surface area (Å²) in [6.45, 7) is 5.31. The summed E-state index contributed by atoms with van der Waals surface area (Å²) in [6.07, 6.45) is 1.05. The zero-order valence-corrected chi connectivity index (χ0v) is 11.5. The van der Waals surface area contributed by atoms with Crippen molar-refractivity contribution < 1.29 is 9.13 Å². The number of hydrogen-bond acceptors (Lipinski definition) is 3. The Kier molecular flexibility index (Phi) is 3.48. The van der Waals surface area contributed by atoms with Crippen LogP contribution in [0.1, 0.15) is 20.3 Å². The molecule has 0 bridgehead atoms. The lowest BCUT2D eigenvalue weighted by Gasteiger charge is -2.27. The molecule has 3 nitrogen and oxygen atoms in total. The largest absolute Gasteiger partial charge is 0.494 e. The van der Waals surface area contributed by atoms with E-state index < -0.39 is 0 Å². The summed E-state index contributed by atoms with van der Waals surface area (Å²) < 4.78 is 18.6. The summed E-state index contributed by atoms with van der Waals surface area (Å²) in [5.41, 5.74) is 1.04. The molecular formula is C14H21FN2O. The van der Waals surface area contributed by atoms with E-state index in [1.54, 1.807) is 6.07 Å². The number of halogens is 1. The van der Waals surface area contributed by atoms with Crippen LogP contribution in [0, 0.1) is 5.82 Å². The zero-order valence-electron chi connectivity index (χ0n) is 11.5. The fourth-order valence-electron chi connectivity index (χ4n) is 2.49. The number of anilines is 1. The first kappa shape index (κ1) is 13.1. The molecule has 0 amide bonds. The molecule has 2 rings (SSSR count). The number of benzene rings is 1. The van der Waals surface area contributed by atoms with E-state index in [0.29, 0.717) is 6.04 Å². The van der Waals surface area contributed by atoms with Gasteiger partial charge in [0.05, 0.1) is 7.11 Å². The molecule has 1 aliphatic rings. The van der Waals surface area contributed by atoms with Crippen LogP contribution < -0.4 is 15.0 Å². The summed E-state index contributed by atoms with van der Waals surface area (Å²) in [5, 5.41) is 3.47.